The van der Waals surface area contributed by atoms with Crippen molar-refractivity contribution in [1.29, 1.82) is 0 Å². The van der Waals surface area contributed by atoms with Crippen molar-refractivity contribution in [2.24, 2.45) is 0 Å². The van der Waals surface area contributed by atoms with Crippen LogP contribution in [0.5, 0.6) is 0 Å². The number of amides is 1. The number of aliphatic hydroxyl groups is 5. The summed E-state index contributed by atoms with van der Waals surface area (Å²) in [6, 6.07) is -0.812. The summed E-state index contributed by atoms with van der Waals surface area (Å²) in [4.78, 5) is 13.1. The molecule has 9 nitrogen and oxygen atoms in total. The zero-order valence-corrected chi connectivity index (χ0v) is 51.6. The maximum atomic E-state index is 13.1. The predicted molar refractivity (Wildman–Crippen MR) is 341 cm³/mol. The summed E-state index contributed by atoms with van der Waals surface area (Å²) in [5.41, 5.74) is 0. The van der Waals surface area contributed by atoms with Gasteiger partial charge in [-0.1, -0.05) is 304 Å². The first-order chi connectivity index (χ1) is 39.3. The molecule has 0 aliphatic carbocycles. The van der Waals surface area contributed by atoms with Crippen molar-refractivity contribution in [3.05, 3.63) is 97.2 Å². The molecule has 0 aromatic rings. The lowest BCUT2D eigenvalue weighted by atomic mass is 9.99. The molecule has 0 saturated carbocycles. The van der Waals surface area contributed by atoms with E-state index in [1.54, 1.807) is 6.08 Å². The van der Waals surface area contributed by atoms with Gasteiger partial charge >= 0.3 is 0 Å². The SMILES string of the molecule is CC/C=C\C/C=C\C/C=C\C/C=C\C/C=C\C/C=C\C/C=C\CCCCCCCCCCCCCCCC(=O)NC(COC1OC(CO)C(O)C(O)C1O)C(O)/C=C/CCCCCCCCCCCCCCCCCCCCCC. The van der Waals surface area contributed by atoms with E-state index >= 15 is 0 Å². The molecule has 1 saturated heterocycles. The summed E-state index contributed by atoms with van der Waals surface area (Å²) in [5, 5.41) is 54.7. The van der Waals surface area contributed by atoms with Crippen LogP contribution in [0.1, 0.15) is 290 Å². The second kappa shape index (κ2) is 59.3. The van der Waals surface area contributed by atoms with E-state index in [-0.39, 0.29) is 12.5 Å². The van der Waals surface area contributed by atoms with Gasteiger partial charge in [0.25, 0.3) is 0 Å². The molecule has 0 bridgehead atoms. The van der Waals surface area contributed by atoms with Gasteiger partial charge in [0.2, 0.25) is 5.91 Å². The molecular formula is C71H125NO8. The van der Waals surface area contributed by atoms with Crippen LogP contribution in [0.3, 0.4) is 0 Å². The van der Waals surface area contributed by atoms with Crippen molar-refractivity contribution >= 4 is 5.91 Å². The molecule has 1 aliphatic rings. The predicted octanol–water partition coefficient (Wildman–Crippen LogP) is 17.9. The minimum Gasteiger partial charge on any atom is -0.394 e. The number of unbranched alkanes of at least 4 members (excludes halogenated alkanes) is 33. The van der Waals surface area contributed by atoms with Gasteiger partial charge in [-0.3, -0.25) is 4.79 Å². The van der Waals surface area contributed by atoms with E-state index < -0.39 is 49.5 Å². The molecule has 1 rings (SSSR count). The Kier molecular flexibility index (Phi) is 55.7. The summed E-state index contributed by atoms with van der Waals surface area (Å²) >= 11 is 0. The standard InChI is InChI=1S/C71H125NO8/c1-3-5-7-9-11-13-15-17-19-21-23-25-27-28-29-30-31-32-33-34-35-36-37-38-39-41-43-45-47-49-51-53-55-57-59-61-67(75)72-64(63-79-71-70(78)69(77)68(76)66(62-73)80-71)65(74)60-58-56-54-52-50-48-46-44-42-40-26-24-22-20-18-16-14-12-10-8-6-4-2/h5,7,11,13,17,19,23,25,28-29,31-32,34-35,58,60,64-66,68-71,73-74,76-78H,3-4,6,8-10,12,14-16,18,20-22,24,26-27,30,33,36-57,59,61-63H2,1-2H3,(H,72,75)/b7-5-,13-11-,19-17-,25-23-,29-28-,32-31-,35-34-,60-58+. The first-order valence-corrected chi connectivity index (χ1v) is 33.5. The van der Waals surface area contributed by atoms with Gasteiger partial charge in [-0.15, -0.1) is 0 Å². The normalized spacial score (nSPS) is 19.1. The van der Waals surface area contributed by atoms with Gasteiger partial charge in [0, 0.05) is 6.42 Å². The molecule has 7 unspecified atom stereocenters. The van der Waals surface area contributed by atoms with Crippen molar-refractivity contribution in [3.63, 3.8) is 0 Å². The number of aliphatic hydroxyl groups excluding tert-OH is 5. The molecule has 462 valence electrons. The minimum absolute atomic E-state index is 0.178. The van der Waals surface area contributed by atoms with Crippen molar-refractivity contribution < 1.29 is 39.8 Å². The zero-order chi connectivity index (χ0) is 57.9. The fraction of sp³-hybridized carbons (Fsp3) is 0.761. The molecule has 1 amide bonds. The smallest absolute Gasteiger partial charge is 0.220 e. The van der Waals surface area contributed by atoms with Gasteiger partial charge in [0.05, 0.1) is 25.4 Å². The molecule has 1 aliphatic heterocycles. The highest BCUT2D eigenvalue weighted by Crippen LogP contribution is 2.23. The Hall–Kier alpha value is -2.89. The number of carbonyl (C=O) groups is 1. The monoisotopic (exact) mass is 1120 g/mol. The fourth-order valence-corrected chi connectivity index (χ4v) is 10.2. The van der Waals surface area contributed by atoms with E-state index in [4.69, 9.17) is 9.47 Å². The Morgan fingerprint density at radius 2 is 0.775 bits per heavy atom. The first-order valence-electron chi connectivity index (χ1n) is 33.5. The van der Waals surface area contributed by atoms with Crippen LogP contribution >= 0.6 is 0 Å². The highest BCUT2D eigenvalue weighted by atomic mass is 16.7. The topological polar surface area (TPSA) is 149 Å². The van der Waals surface area contributed by atoms with Crippen molar-refractivity contribution in [3.8, 4) is 0 Å². The van der Waals surface area contributed by atoms with E-state index in [2.05, 4.69) is 104 Å². The Morgan fingerprint density at radius 3 is 1.15 bits per heavy atom. The molecule has 7 atom stereocenters. The molecule has 0 aromatic carbocycles. The third-order valence-corrected chi connectivity index (χ3v) is 15.4. The summed E-state index contributed by atoms with van der Waals surface area (Å²) in [5.74, 6) is -0.178. The van der Waals surface area contributed by atoms with Crippen molar-refractivity contribution in [2.45, 2.75) is 333 Å². The van der Waals surface area contributed by atoms with Gasteiger partial charge in [0.15, 0.2) is 6.29 Å². The first kappa shape index (κ1) is 75.1. The lowest BCUT2D eigenvalue weighted by Gasteiger charge is -2.40. The number of nitrogens with one attached hydrogen (secondary N) is 1. The lowest BCUT2D eigenvalue weighted by Crippen LogP contribution is -2.60. The van der Waals surface area contributed by atoms with Crippen LogP contribution < -0.4 is 5.32 Å². The number of rotatable bonds is 57. The second-order valence-corrected chi connectivity index (χ2v) is 22.9. The van der Waals surface area contributed by atoms with E-state index in [0.29, 0.717) is 6.42 Å². The molecule has 0 aromatic heterocycles. The average molecular weight is 1120 g/mol. The quantitative estimate of drug-likeness (QED) is 0.0261. The fourth-order valence-electron chi connectivity index (χ4n) is 10.2. The third kappa shape index (κ3) is 47.6. The number of hydrogen-bond donors (Lipinski definition) is 6. The minimum atomic E-state index is -1.57. The molecule has 0 spiro atoms. The Balaban J connectivity index is 2.15. The van der Waals surface area contributed by atoms with Crippen LogP contribution in [0.4, 0.5) is 0 Å². The molecule has 1 heterocycles. The van der Waals surface area contributed by atoms with Crippen LogP contribution in [0.15, 0.2) is 97.2 Å². The summed E-state index contributed by atoms with van der Waals surface area (Å²) in [6.07, 6.45) is 79.2. The number of carbonyl (C=O) groups excluding carboxylic acids is 1. The molecule has 1 fully saturated rings. The number of allylic oxidation sites excluding steroid dienone is 15. The van der Waals surface area contributed by atoms with Gasteiger partial charge in [-0.2, -0.15) is 0 Å². The van der Waals surface area contributed by atoms with E-state index in [0.717, 1.165) is 83.5 Å². The van der Waals surface area contributed by atoms with Crippen molar-refractivity contribution in [2.75, 3.05) is 13.2 Å². The maximum Gasteiger partial charge on any atom is 0.220 e. The number of ether oxygens (including phenoxy) is 2. The Morgan fingerprint density at radius 1 is 0.438 bits per heavy atom. The van der Waals surface area contributed by atoms with Crippen LogP contribution in [-0.2, 0) is 14.3 Å². The Bertz CT molecular complexity index is 1580. The van der Waals surface area contributed by atoms with E-state index in [9.17, 15) is 30.3 Å². The summed E-state index contributed by atoms with van der Waals surface area (Å²) in [6.45, 7) is 3.69. The van der Waals surface area contributed by atoms with Gasteiger partial charge in [0.1, 0.15) is 24.4 Å². The van der Waals surface area contributed by atoms with Gasteiger partial charge < -0.3 is 40.3 Å². The zero-order valence-electron chi connectivity index (χ0n) is 51.6. The van der Waals surface area contributed by atoms with Crippen molar-refractivity contribution in [1.82, 2.24) is 5.32 Å². The van der Waals surface area contributed by atoms with E-state index in [1.165, 1.54) is 186 Å². The molecule has 80 heavy (non-hydrogen) atoms. The summed E-state index contributed by atoms with van der Waals surface area (Å²) < 4.78 is 11.3. The third-order valence-electron chi connectivity index (χ3n) is 15.4. The highest BCUT2D eigenvalue weighted by Gasteiger charge is 2.44. The van der Waals surface area contributed by atoms with Gasteiger partial charge in [-0.25, -0.2) is 0 Å². The second-order valence-electron chi connectivity index (χ2n) is 22.9. The molecular weight excluding hydrogens is 995 g/mol. The van der Waals surface area contributed by atoms with E-state index in [1.807, 2.05) is 6.08 Å². The van der Waals surface area contributed by atoms with Crippen LogP contribution in [0, 0.1) is 0 Å². The highest BCUT2D eigenvalue weighted by molar-refractivity contribution is 5.76. The summed E-state index contributed by atoms with van der Waals surface area (Å²) in [7, 11) is 0. The largest absolute Gasteiger partial charge is 0.394 e. The Labute approximate surface area is 492 Å². The lowest BCUT2D eigenvalue weighted by molar-refractivity contribution is -0.302. The van der Waals surface area contributed by atoms with Crippen LogP contribution in [0.25, 0.3) is 0 Å². The molecule has 6 N–H and O–H groups in total. The maximum absolute atomic E-state index is 13.1. The van der Waals surface area contributed by atoms with Crippen LogP contribution in [-0.4, -0.2) is 87.5 Å². The molecule has 0 radical (unpaired) electrons. The average Bonchev–Trinajstić information content (AvgIpc) is 3.46. The number of hydrogen-bond acceptors (Lipinski definition) is 8. The molecule has 9 heteroatoms. The van der Waals surface area contributed by atoms with Crippen LogP contribution in [0.2, 0.25) is 0 Å². The van der Waals surface area contributed by atoms with Gasteiger partial charge in [-0.05, 0) is 77.0 Å².